The minimum atomic E-state index is -0.201. The normalized spacial score (nSPS) is 20.8. The van der Waals surface area contributed by atoms with Crippen molar-refractivity contribution >= 4 is 11.5 Å². The number of anilines is 2. The van der Waals surface area contributed by atoms with Crippen molar-refractivity contribution < 1.29 is 4.74 Å². The predicted molar refractivity (Wildman–Crippen MR) is 136 cm³/mol. The minimum Gasteiger partial charge on any atom is -0.488 e. The Bertz CT molecular complexity index is 1170. The zero-order chi connectivity index (χ0) is 23.9. The molecule has 34 heavy (non-hydrogen) atoms. The highest BCUT2D eigenvalue weighted by Gasteiger charge is 2.37. The Morgan fingerprint density at radius 3 is 2.65 bits per heavy atom. The van der Waals surface area contributed by atoms with E-state index in [1.807, 2.05) is 12.3 Å². The van der Waals surface area contributed by atoms with Crippen LogP contribution in [0.1, 0.15) is 56.2 Å². The van der Waals surface area contributed by atoms with Gasteiger partial charge >= 0.3 is 0 Å². The maximum atomic E-state index is 6.67. The number of fused-ring (bicyclic) bond motifs is 3. The lowest BCUT2D eigenvalue weighted by Crippen LogP contribution is -2.33. The largest absolute Gasteiger partial charge is 0.488 e. The lowest BCUT2D eigenvalue weighted by Gasteiger charge is -2.37. The Morgan fingerprint density at radius 2 is 1.91 bits per heavy atom. The molecule has 2 heterocycles. The number of rotatable bonds is 5. The summed E-state index contributed by atoms with van der Waals surface area (Å²) in [5.41, 5.74) is 18.8. The van der Waals surface area contributed by atoms with Gasteiger partial charge in [0.15, 0.2) is 0 Å². The molecule has 2 aliphatic rings. The van der Waals surface area contributed by atoms with Gasteiger partial charge in [-0.2, -0.15) is 0 Å². The van der Waals surface area contributed by atoms with E-state index in [2.05, 4.69) is 58.9 Å². The number of aromatic nitrogens is 3. The summed E-state index contributed by atoms with van der Waals surface area (Å²) in [6, 6.07) is 8.61. The second kappa shape index (κ2) is 8.87. The monoisotopic (exact) mass is 458 g/mol. The lowest BCUT2D eigenvalue weighted by atomic mass is 9.71. The average Bonchev–Trinajstić information content (AvgIpc) is 2.80. The van der Waals surface area contributed by atoms with Crippen molar-refractivity contribution in [2.45, 2.75) is 70.1 Å². The van der Waals surface area contributed by atoms with Crippen molar-refractivity contribution in [3.63, 3.8) is 0 Å². The molecular formula is C27H34N6O. The molecule has 2 aromatic heterocycles. The van der Waals surface area contributed by atoms with E-state index in [-0.39, 0.29) is 11.5 Å². The molecule has 7 heteroatoms. The van der Waals surface area contributed by atoms with Crippen molar-refractivity contribution in [1.29, 1.82) is 0 Å². The summed E-state index contributed by atoms with van der Waals surface area (Å²) in [6.07, 6.45) is 10.3. The molecule has 7 nitrogen and oxygen atoms in total. The number of nitrogens with zero attached hydrogens (tertiary/aromatic N) is 4. The molecule has 0 atom stereocenters. The summed E-state index contributed by atoms with van der Waals surface area (Å²) < 4.78 is 6.67. The molecule has 0 spiro atoms. The van der Waals surface area contributed by atoms with Crippen LogP contribution in [-0.4, -0.2) is 34.1 Å². The minimum absolute atomic E-state index is 0.185. The molecule has 1 aromatic carbocycles. The van der Waals surface area contributed by atoms with Crippen LogP contribution in [0.25, 0.3) is 11.3 Å². The van der Waals surface area contributed by atoms with Gasteiger partial charge < -0.3 is 21.1 Å². The fourth-order valence-electron chi connectivity index (χ4n) is 5.56. The maximum Gasteiger partial charge on any atom is 0.143 e. The van der Waals surface area contributed by atoms with Crippen LogP contribution in [0, 0.1) is 0 Å². The van der Waals surface area contributed by atoms with Crippen LogP contribution in [-0.2, 0) is 18.4 Å². The van der Waals surface area contributed by atoms with Gasteiger partial charge in [-0.1, -0.05) is 19.9 Å². The molecule has 4 N–H and O–H groups in total. The molecule has 0 saturated heterocycles. The van der Waals surface area contributed by atoms with Crippen molar-refractivity contribution in [1.82, 2.24) is 15.0 Å². The first kappa shape index (κ1) is 22.6. The van der Waals surface area contributed by atoms with Gasteiger partial charge in [-0.05, 0) is 66.8 Å². The summed E-state index contributed by atoms with van der Waals surface area (Å²) in [6.45, 7) is 5.17. The Labute approximate surface area is 201 Å². The molecule has 1 fully saturated rings. The van der Waals surface area contributed by atoms with Crippen LogP contribution >= 0.6 is 0 Å². The zero-order valence-corrected chi connectivity index (χ0v) is 20.3. The van der Waals surface area contributed by atoms with E-state index >= 15 is 0 Å². The third-order valence-electron chi connectivity index (χ3n) is 7.21. The number of benzene rings is 1. The first-order valence-corrected chi connectivity index (χ1v) is 12.1. The van der Waals surface area contributed by atoms with E-state index in [9.17, 15) is 0 Å². The van der Waals surface area contributed by atoms with E-state index in [1.54, 1.807) is 12.5 Å². The van der Waals surface area contributed by atoms with Gasteiger partial charge in [0.2, 0.25) is 0 Å². The SMILES string of the molecule is CN(Cc1cccnc1)c1c(OC2CCC(N)CC2)ccc2c1CC(C)(C)c1c(N)ncnc1-2. The van der Waals surface area contributed by atoms with Crippen molar-refractivity contribution in [3.8, 4) is 17.0 Å². The van der Waals surface area contributed by atoms with Gasteiger partial charge in [0.1, 0.15) is 17.9 Å². The number of ether oxygens (including phenoxy) is 1. The molecule has 3 aromatic rings. The van der Waals surface area contributed by atoms with Crippen LogP contribution in [0.3, 0.4) is 0 Å². The van der Waals surface area contributed by atoms with Gasteiger partial charge in [0.25, 0.3) is 0 Å². The van der Waals surface area contributed by atoms with Gasteiger partial charge in [-0.25, -0.2) is 9.97 Å². The van der Waals surface area contributed by atoms with E-state index < -0.39 is 0 Å². The standard InChI is InChI=1S/C27H34N6O/c1-27(2)13-21-20(24-23(27)26(29)32-16-31-24)10-11-22(34-19-8-6-18(28)7-9-19)25(21)33(3)15-17-5-4-12-30-14-17/h4-5,10-12,14,16,18-19H,6-9,13,15,28H2,1-3H3,(H2,29,31,32). The van der Waals surface area contributed by atoms with Crippen molar-refractivity contribution in [2.24, 2.45) is 5.73 Å². The average molecular weight is 459 g/mol. The van der Waals surface area contributed by atoms with Crippen LogP contribution in [0.2, 0.25) is 0 Å². The molecule has 0 aliphatic heterocycles. The Balaban J connectivity index is 1.61. The highest BCUT2D eigenvalue weighted by molar-refractivity contribution is 5.83. The number of hydrogen-bond donors (Lipinski definition) is 2. The van der Waals surface area contributed by atoms with E-state index in [0.717, 1.165) is 72.5 Å². The molecule has 1 saturated carbocycles. The Kier molecular flexibility index (Phi) is 5.90. The van der Waals surface area contributed by atoms with Gasteiger partial charge in [0, 0.05) is 43.2 Å². The second-order valence-electron chi connectivity index (χ2n) is 10.4. The number of hydrogen-bond acceptors (Lipinski definition) is 7. The number of nitrogen functional groups attached to an aromatic ring is 1. The topological polar surface area (TPSA) is 103 Å². The summed E-state index contributed by atoms with van der Waals surface area (Å²) >= 11 is 0. The molecule has 0 unspecified atom stereocenters. The predicted octanol–water partition coefficient (Wildman–Crippen LogP) is 4.24. The van der Waals surface area contributed by atoms with Crippen LogP contribution in [0.15, 0.2) is 43.0 Å². The molecule has 0 bridgehead atoms. The Morgan fingerprint density at radius 1 is 1.12 bits per heavy atom. The quantitative estimate of drug-likeness (QED) is 0.589. The summed E-state index contributed by atoms with van der Waals surface area (Å²) in [5.74, 6) is 1.48. The molecule has 2 aliphatic carbocycles. The second-order valence-corrected chi connectivity index (χ2v) is 10.4. The molecule has 178 valence electrons. The first-order valence-electron chi connectivity index (χ1n) is 12.1. The number of pyridine rings is 1. The van der Waals surface area contributed by atoms with Gasteiger partial charge in [-0.15, -0.1) is 0 Å². The van der Waals surface area contributed by atoms with E-state index in [0.29, 0.717) is 11.9 Å². The third kappa shape index (κ3) is 4.20. The van der Waals surface area contributed by atoms with Gasteiger partial charge in [-0.3, -0.25) is 4.98 Å². The molecule has 0 amide bonds. The zero-order valence-electron chi connectivity index (χ0n) is 20.3. The van der Waals surface area contributed by atoms with Crippen molar-refractivity contribution in [3.05, 3.63) is 59.7 Å². The summed E-state index contributed by atoms with van der Waals surface area (Å²) in [4.78, 5) is 15.6. The summed E-state index contributed by atoms with van der Waals surface area (Å²) in [5, 5.41) is 0. The fraction of sp³-hybridized carbons (Fsp3) is 0.444. The fourth-order valence-corrected chi connectivity index (χ4v) is 5.56. The van der Waals surface area contributed by atoms with Crippen LogP contribution in [0.5, 0.6) is 5.75 Å². The first-order chi connectivity index (χ1) is 16.3. The lowest BCUT2D eigenvalue weighted by molar-refractivity contribution is 0.147. The Hall–Kier alpha value is -3.19. The van der Waals surface area contributed by atoms with Crippen LogP contribution in [0.4, 0.5) is 11.5 Å². The maximum absolute atomic E-state index is 6.67. The van der Waals surface area contributed by atoms with E-state index in [4.69, 9.17) is 16.2 Å². The summed E-state index contributed by atoms with van der Waals surface area (Å²) in [7, 11) is 2.13. The third-order valence-corrected chi connectivity index (χ3v) is 7.21. The van der Waals surface area contributed by atoms with Crippen molar-refractivity contribution in [2.75, 3.05) is 17.7 Å². The molecular weight excluding hydrogens is 424 g/mol. The smallest absolute Gasteiger partial charge is 0.143 e. The highest BCUT2D eigenvalue weighted by Crippen LogP contribution is 2.49. The van der Waals surface area contributed by atoms with Crippen LogP contribution < -0.4 is 21.1 Å². The molecule has 0 radical (unpaired) electrons. The highest BCUT2D eigenvalue weighted by atomic mass is 16.5. The van der Waals surface area contributed by atoms with E-state index in [1.165, 1.54) is 5.56 Å². The van der Waals surface area contributed by atoms with Gasteiger partial charge in [0.05, 0.1) is 17.5 Å². The number of nitrogens with two attached hydrogens (primary N) is 2. The molecule has 5 rings (SSSR count).